The van der Waals surface area contributed by atoms with Crippen LogP contribution >= 0.6 is 0 Å². The van der Waals surface area contributed by atoms with Crippen LogP contribution in [0.3, 0.4) is 0 Å². The molecule has 0 radical (unpaired) electrons. The van der Waals surface area contributed by atoms with Crippen LogP contribution in [-0.4, -0.2) is 25.7 Å². The molecule has 96 valence electrons. The first-order valence-corrected chi connectivity index (χ1v) is 6.51. The van der Waals surface area contributed by atoms with Crippen LogP contribution in [0.4, 0.5) is 0 Å². The van der Waals surface area contributed by atoms with Crippen LogP contribution in [0, 0.1) is 5.92 Å². The lowest BCUT2D eigenvalue weighted by molar-refractivity contribution is 0.0945. The number of hydrogen-bond donors (Lipinski definition) is 2. The van der Waals surface area contributed by atoms with Crippen molar-refractivity contribution in [3.05, 3.63) is 34.9 Å². The molecule has 0 aliphatic carbocycles. The van der Waals surface area contributed by atoms with Crippen LogP contribution < -0.4 is 10.6 Å². The van der Waals surface area contributed by atoms with Crippen molar-refractivity contribution in [2.75, 3.05) is 19.8 Å². The molecule has 0 spiro atoms. The zero-order valence-corrected chi connectivity index (χ0v) is 10.4. The summed E-state index contributed by atoms with van der Waals surface area (Å²) >= 11 is 0. The van der Waals surface area contributed by atoms with Gasteiger partial charge < -0.3 is 15.4 Å². The van der Waals surface area contributed by atoms with Gasteiger partial charge in [-0.05, 0) is 29.7 Å². The summed E-state index contributed by atoms with van der Waals surface area (Å²) in [6.45, 7) is 4.09. The van der Waals surface area contributed by atoms with E-state index in [4.69, 9.17) is 4.74 Å². The highest BCUT2D eigenvalue weighted by atomic mass is 16.5. The molecule has 0 saturated carbocycles. The van der Waals surface area contributed by atoms with Crippen LogP contribution in [0.25, 0.3) is 0 Å². The highest BCUT2D eigenvalue weighted by molar-refractivity contribution is 5.94. The lowest BCUT2D eigenvalue weighted by atomic mass is 10.1. The van der Waals surface area contributed by atoms with Crippen molar-refractivity contribution in [1.82, 2.24) is 10.6 Å². The minimum absolute atomic E-state index is 0.0246. The fourth-order valence-corrected chi connectivity index (χ4v) is 2.52. The van der Waals surface area contributed by atoms with E-state index in [0.29, 0.717) is 12.5 Å². The normalized spacial score (nSPS) is 21.9. The molecule has 2 aliphatic rings. The second-order valence-electron chi connectivity index (χ2n) is 5.03. The number of fused-ring (bicyclic) bond motifs is 1. The number of carbonyl (C=O) groups is 1. The van der Waals surface area contributed by atoms with Crippen LogP contribution in [0.2, 0.25) is 0 Å². The van der Waals surface area contributed by atoms with Gasteiger partial charge in [-0.15, -0.1) is 0 Å². The van der Waals surface area contributed by atoms with E-state index in [9.17, 15) is 4.79 Å². The predicted octanol–water partition coefficient (Wildman–Crippen LogP) is 1.06. The molecule has 2 aliphatic heterocycles. The minimum atomic E-state index is 0.0246. The lowest BCUT2D eigenvalue weighted by Gasteiger charge is -2.10. The van der Waals surface area contributed by atoms with Gasteiger partial charge in [0.1, 0.15) is 0 Å². The number of rotatable bonds is 3. The molecule has 1 amide bonds. The van der Waals surface area contributed by atoms with E-state index in [-0.39, 0.29) is 5.91 Å². The quantitative estimate of drug-likeness (QED) is 0.838. The Hall–Kier alpha value is -1.39. The number of nitrogens with one attached hydrogen (secondary N) is 2. The first-order valence-electron chi connectivity index (χ1n) is 6.51. The Balaban J connectivity index is 1.61. The first-order chi connectivity index (χ1) is 8.83. The summed E-state index contributed by atoms with van der Waals surface area (Å²) in [5.74, 6) is 0.502. The van der Waals surface area contributed by atoms with Gasteiger partial charge in [0.2, 0.25) is 0 Å². The number of benzene rings is 1. The van der Waals surface area contributed by atoms with Crippen molar-refractivity contribution in [3.63, 3.8) is 0 Å². The fraction of sp³-hybridized carbons (Fsp3) is 0.500. The standard InChI is InChI=1S/C14H18N2O2/c17-14(16-6-10-3-4-18-9-10)11-1-2-12-7-15-8-13(12)5-11/h1-2,5,10,15H,3-4,6-9H2,(H,16,17). The topological polar surface area (TPSA) is 50.4 Å². The number of ether oxygens (including phenoxy) is 1. The third-order valence-electron chi connectivity index (χ3n) is 3.67. The van der Waals surface area contributed by atoms with Gasteiger partial charge in [0.25, 0.3) is 5.91 Å². The summed E-state index contributed by atoms with van der Waals surface area (Å²) < 4.78 is 5.30. The third kappa shape index (κ3) is 2.40. The predicted molar refractivity (Wildman–Crippen MR) is 68.2 cm³/mol. The number of amides is 1. The molecule has 18 heavy (non-hydrogen) atoms. The van der Waals surface area contributed by atoms with Gasteiger partial charge in [0, 0.05) is 37.7 Å². The molecule has 2 heterocycles. The molecule has 2 N–H and O–H groups in total. The largest absolute Gasteiger partial charge is 0.381 e. The van der Waals surface area contributed by atoms with Gasteiger partial charge >= 0.3 is 0 Å². The van der Waals surface area contributed by atoms with Crippen molar-refractivity contribution in [2.24, 2.45) is 5.92 Å². The van der Waals surface area contributed by atoms with Gasteiger partial charge in [-0.2, -0.15) is 0 Å². The molecular formula is C14H18N2O2. The average Bonchev–Trinajstić information content (AvgIpc) is 3.05. The van der Waals surface area contributed by atoms with E-state index in [0.717, 1.165) is 38.3 Å². The van der Waals surface area contributed by atoms with Crippen LogP contribution in [-0.2, 0) is 17.8 Å². The highest BCUT2D eigenvalue weighted by Gasteiger charge is 2.17. The van der Waals surface area contributed by atoms with Crippen molar-refractivity contribution in [2.45, 2.75) is 19.5 Å². The van der Waals surface area contributed by atoms with E-state index in [2.05, 4.69) is 10.6 Å². The Labute approximate surface area is 107 Å². The molecule has 1 fully saturated rings. The zero-order valence-electron chi connectivity index (χ0n) is 10.4. The molecule has 1 saturated heterocycles. The molecular weight excluding hydrogens is 228 g/mol. The van der Waals surface area contributed by atoms with Crippen LogP contribution in [0.5, 0.6) is 0 Å². The zero-order chi connectivity index (χ0) is 12.4. The highest BCUT2D eigenvalue weighted by Crippen LogP contribution is 2.17. The molecule has 1 aromatic carbocycles. The molecule has 0 bridgehead atoms. The maximum absolute atomic E-state index is 12.0. The molecule has 1 aromatic rings. The Bertz CT molecular complexity index is 453. The van der Waals surface area contributed by atoms with E-state index < -0.39 is 0 Å². The smallest absolute Gasteiger partial charge is 0.251 e. The Kier molecular flexibility index (Phi) is 3.30. The molecule has 4 nitrogen and oxygen atoms in total. The van der Waals surface area contributed by atoms with Crippen molar-refractivity contribution in [3.8, 4) is 0 Å². The second kappa shape index (κ2) is 5.08. The van der Waals surface area contributed by atoms with Gasteiger partial charge in [-0.1, -0.05) is 6.07 Å². The summed E-state index contributed by atoms with van der Waals surface area (Å²) in [6, 6.07) is 5.95. The molecule has 3 rings (SSSR count). The maximum Gasteiger partial charge on any atom is 0.251 e. The lowest BCUT2D eigenvalue weighted by Crippen LogP contribution is -2.29. The van der Waals surface area contributed by atoms with Crippen molar-refractivity contribution >= 4 is 5.91 Å². The third-order valence-corrected chi connectivity index (χ3v) is 3.67. The fourth-order valence-electron chi connectivity index (χ4n) is 2.52. The van der Waals surface area contributed by atoms with Gasteiger partial charge in [0.15, 0.2) is 0 Å². The first kappa shape index (κ1) is 11.7. The average molecular weight is 246 g/mol. The summed E-state index contributed by atoms with van der Waals surface area (Å²) in [4.78, 5) is 12.0. The van der Waals surface area contributed by atoms with E-state index >= 15 is 0 Å². The van der Waals surface area contributed by atoms with E-state index in [1.807, 2.05) is 18.2 Å². The van der Waals surface area contributed by atoms with Crippen molar-refractivity contribution in [1.29, 1.82) is 0 Å². The summed E-state index contributed by atoms with van der Waals surface area (Å²) in [6.07, 6.45) is 1.05. The molecule has 1 atom stereocenters. The summed E-state index contributed by atoms with van der Waals surface area (Å²) in [7, 11) is 0. The Morgan fingerprint density at radius 1 is 1.39 bits per heavy atom. The Morgan fingerprint density at radius 2 is 2.28 bits per heavy atom. The summed E-state index contributed by atoms with van der Waals surface area (Å²) in [5.41, 5.74) is 3.30. The SMILES string of the molecule is O=C(NCC1CCOC1)c1ccc2c(c1)CNC2. The molecule has 1 unspecified atom stereocenters. The van der Waals surface area contributed by atoms with E-state index in [1.165, 1.54) is 11.1 Å². The van der Waals surface area contributed by atoms with E-state index in [1.54, 1.807) is 0 Å². The molecule has 0 aromatic heterocycles. The van der Waals surface area contributed by atoms with Gasteiger partial charge in [-0.3, -0.25) is 4.79 Å². The second-order valence-corrected chi connectivity index (χ2v) is 5.03. The summed E-state index contributed by atoms with van der Waals surface area (Å²) in [5, 5.41) is 6.28. The van der Waals surface area contributed by atoms with Crippen molar-refractivity contribution < 1.29 is 9.53 Å². The minimum Gasteiger partial charge on any atom is -0.381 e. The number of carbonyl (C=O) groups excluding carboxylic acids is 1. The monoisotopic (exact) mass is 246 g/mol. The Morgan fingerprint density at radius 3 is 3.11 bits per heavy atom. The maximum atomic E-state index is 12.0. The van der Waals surface area contributed by atoms with Gasteiger partial charge in [-0.25, -0.2) is 0 Å². The van der Waals surface area contributed by atoms with Crippen LogP contribution in [0.1, 0.15) is 27.9 Å². The molecule has 4 heteroatoms. The number of hydrogen-bond acceptors (Lipinski definition) is 3. The van der Waals surface area contributed by atoms with Gasteiger partial charge in [0.05, 0.1) is 6.61 Å². The van der Waals surface area contributed by atoms with Crippen LogP contribution in [0.15, 0.2) is 18.2 Å².